The first kappa shape index (κ1) is 15.2. The van der Waals surface area contributed by atoms with Crippen molar-refractivity contribution in [3.63, 3.8) is 0 Å². The topological polar surface area (TPSA) is 26.3 Å². The molecule has 0 unspecified atom stereocenters. The Kier molecular flexibility index (Phi) is 5.09. The summed E-state index contributed by atoms with van der Waals surface area (Å²) in [5.74, 6) is 0.144. The van der Waals surface area contributed by atoms with Gasteiger partial charge in [0, 0.05) is 5.56 Å². The second kappa shape index (κ2) is 7.02. The first-order valence-electron chi connectivity index (χ1n) is 7.11. The zero-order valence-corrected chi connectivity index (χ0v) is 12.4. The Hall–Kier alpha value is -2.16. The van der Waals surface area contributed by atoms with Gasteiger partial charge in [-0.05, 0) is 42.7 Å². The van der Waals surface area contributed by atoms with Crippen LogP contribution < -0.4 is 4.74 Å². The normalized spacial score (nSPS) is 10.4. The van der Waals surface area contributed by atoms with E-state index in [9.17, 15) is 9.18 Å². The third-order valence-corrected chi connectivity index (χ3v) is 3.31. The minimum absolute atomic E-state index is 0.0435. The average molecular weight is 286 g/mol. The van der Waals surface area contributed by atoms with E-state index in [0.717, 1.165) is 12.8 Å². The number of hydrogen-bond donors (Lipinski definition) is 0. The smallest absolute Gasteiger partial charge is 0.200 e. The summed E-state index contributed by atoms with van der Waals surface area (Å²) >= 11 is 0. The molecule has 0 fully saturated rings. The fourth-order valence-corrected chi connectivity index (χ4v) is 2.09. The summed E-state index contributed by atoms with van der Waals surface area (Å²) in [5, 5.41) is 0. The number of Topliss-reactive ketones (excluding diaryl/α,β-unsaturated/α-hetero) is 1. The van der Waals surface area contributed by atoms with E-state index in [1.807, 2.05) is 24.3 Å². The Morgan fingerprint density at radius 2 is 1.86 bits per heavy atom. The second-order valence-electron chi connectivity index (χ2n) is 5.07. The highest BCUT2D eigenvalue weighted by molar-refractivity contribution is 5.97. The molecule has 0 saturated heterocycles. The Labute approximate surface area is 124 Å². The number of aryl methyl sites for hydroxylation is 2. The summed E-state index contributed by atoms with van der Waals surface area (Å²) < 4.78 is 18.6. The highest BCUT2D eigenvalue weighted by Crippen LogP contribution is 2.16. The summed E-state index contributed by atoms with van der Waals surface area (Å²) in [6, 6.07) is 12.1. The third-order valence-electron chi connectivity index (χ3n) is 3.31. The fourth-order valence-electron chi connectivity index (χ4n) is 2.09. The molecule has 0 amide bonds. The van der Waals surface area contributed by atoms with Crippen LogP contribution in [0, 0.1) is 12.7 Å². The maximum Gasteiger partial charge on any atom is 0.200 e. The molecule has 0 N–H and O–H groups in total. The maximum atomic E-state index is 13.1. The number of hydrogen-bond acceptors (Lipinski definition) is 2. The van der Waals surface area contributed by atoms with Crippen molar-refractivity contribution in [2.75, 3.05) is 6.61 Å². The quantitative estimate of drug-likeness (QED) is 0.738. The van der Waals surface area contributed by atoms with Crippen molar-refractivity contribution in [2.24, 2.45) is 0 Å². The first-order valence-corrected chi connectivity index (χ1v) is 7.11. The summed E-state index contributed by atoms with van der Waals surface area (Å²) in [6.07, 6.45) is 2.10. The molecule has 0 bridgehead atoms. The Morgan fingerprint density at radius 3 is 2.48 bits per heavy atom. The molecule has 21 heavy (non-hydrogen) atoms. The van der Waals surface area contributed by atoms with E-state index >= 15 is 0 Å². The third kappa shape index (κ3) is 4.15. The molecule has 0 heterocycles. The molecule has 0 aliphatic heterocycles. The molecule has 110 valence electrons. The molecular formula is C18H19FO2. The molecule has 2 aromatic rings. The van der Waals surface area contributed by atoms with Crippen LogP contribution in [0.3, 0.4) is 0 Å². The number of halogens is 1. The molecule has 0 aliphatic carbocycles. The summed E-state index contributed by atoms with van der Waals surface area (Å²) in [4.78, 5) is 12.0. The monoisotopic (exact) mass is 286 g/mol. The lowest BCUT2D eigenvalue weighted by Gasteiger charge is -2.07. The predicted molar refractivity (Wildman–Crippen MR) is 81.4 cm³/mol. The van der Waals surface area contributed by atoms with Crippen LogP contribution in [0.15, 0.2) is 42.5 Å². The van der Waals surface area contributed by atoms with Crippen molar-refractivity contribution >= 4 is 5.78 Å². The first-order chi connectivity index (χ1) is 10.1. The lowest BCUT2D eigenvalue weighted by molar-refractivity contribution is 0.0921. The van der Waals surface area contributed by atoms with E-state index in [-0.39, 0.29) is 18.2 Å². The number of ketones is 1. The number of carbonyl (C=O) groups excluding carboxylic acids is 1. The van der Waals surface area contributed by atoms with E-state index < -0.39 is 0 Å². The van der Waals surface area contributed by atoms with Gasteiger partial charge in [-0.3, -0.25) is 4.79 Å². The molecule has 0 saturated carbocycles. The lowest BCUT2D eigenvalue weighted by atomic mass is 10.1. The molecule has 2 aromatic carbocycles. The summed E-state index contributed by atoms with van der Waals surface area (Å²) in [5.41, 5.74) is 2.36. The molecule has 0 spiro atoms. The van der Waals surface area contributed by atoms with Crippen LogP contribution in [-0.4, -0.2) is 12.4 Å². The number of benzene rings is 2. The highest BCUT2D eigenvalue weighted by atomic mass is 19.1. The van der Waals surface area contributed by atoms with E-state index in [4.69, 9.17) is 4.74 Å². The van der Waals surface area contributed by atoms with Gasteiger partial charge in [0.1, 0.15) is 11.6 Å². The van der Waals surface area contributed by atoms with Crippen LogP contribution in [0.1, 0.15) is 34.8 Å². The SMILES string of the molecule is CCCc1ccc(C(=O)COc2ccc(F)c(C)c2)cc1. The van der Waals surface area contributed by atoms with Crippen molar-refractivity contribution in [3.8, 4) is 5.75 Å². The minimum Gasteiger partial charge on any atom is -0.485 e. The summed E-state index contributed by atoms with van der Waals surface area (Å²) in [7, 11) is 0. The minimum atomic E-state index is -0.278. The van der Waals surface area contributed by atoms with Crippen LogP contribution in [0.4, 0.5) is 4.39 Å². The van der Waals surface area contributed by atoms with Crippen molar-refractivity contribution < 1.29 is 13.9 Å². The van der Waals surface area contributed by atoms with E-state index in [1.165, 1.54) is 17.7 Å². The molecule has 0 aliphatic rings. The zero-order valence-electron chi connectivity index (χ0n) is 12.4. The second-order valence-corrected chi connectivity index (χ2v) is 5.07. The standard InChI is InChI=1S/C18H19FO2/c1-3-4-14-5-7-15(8-6-14)18(20)12-21-16-9-10-17(19)13(2)11-16/h5-11H,3-4,12H2,1-2H3. The lowest BCUT2D eigenvalue weighted by Crippen LogP contribution is -2.11. The van der Waals surface area contributed by atoms with Crippen LogP contribution >= 0.6 is 0 Å². The van der Waals surface area contributed by atoms with Gasteiger partial charge in [0.2, 0.25) is 0 Å². The van der Waals surface area contributed by atoms with Gasteiger partial charge in [-0.1, -0.05) is 37.6 Å². The van der Waals surface area contributed by atoms with Gasteiger partial charge in [-0.25, -0.2) is 4.39 Å². The number of rotatable bonds is 6. The fraction of sp³-hybridized carbons (Fsp3) is 0.278. The van der Waals surface area contributed by atoms with Crippen LogP contribution in [0.2, 0.25) is 0 Å². The summed E-state index contributed by atoms with van der Waals surface area (Å²) in [6.45, 7) is 3.74. The molecule has 2 rings (SSSR count). The van der Waals surface area contributed by atoms with Crippen molar-refractivity contribution in [3.05, 3.63) is 65.0 Å². The van der Waals surface area contributed by atoms with Gasteiger partial charge in [0.15, 0.2) is 12.4 Å². The van der Waals surface area contributed by atoms with E-state index in [0.29, 0.717) is 16.9 Å². The molecule has 3 heteroatoms. The predicted octanol–water partition coefficient (Wildman–Crippen LogP) is 4.35. The molecular weight excluding hydrogens is 267 g/mol. The van der Waals surface area contributed by atoms with E-state index in [2.05, 4.69) is 6.92 Å². The number of ether oxygens (including phenoxy) is 1. The van der Waals surface area contributed by atoms with E-state index in [1.54, 1.807) is 13.0 Å². The largest absolute Gasteiger partial charge is 0.485 e. The van der Waals surface area contributed by atoms with Gasteiger partial charge in [0.25, 0.3) is 0 Å². The average Bonchev–Trinajstić information content (AvgIpc) is 2.49. The van der Waals surface area contributed by atoms with Gasteiger partial charge in [-0.15, -0.1) is 0 Å². The Bertz CT molecular complexity index is 618. The Balaban J connectivity index is 1.96. The van der Waals surface area contributed by atoms with Gasteiger partial charge in [0.05, 0.1) is 0 Å². The molecule has 0 aromatic heterocycles. The Morgan fingerprint density at radius 1 is 1.14 bits per heavy atom. The van der Waals surface area contributed by atoms with Gasteiger partial charge < -0.3 is 4.74 Å². The van der Waals surface area contributed by atoms with Gasteiger partial charge >= 0.3 is 0 Å². The molecule has 0 atom stereocenters. The number of carbonyl (C=O) groups is 1. The zero-order chi connectivity index (χ0) is 15.2. The van der Waals surface area contributed by atoms with Crippen LogP contribution in [-0.2, 0) is 6.42 Å². The van der Waals surface area contributed by atoms with Crippen molar-refractivity contribution in [1.82, 2.24) is 0 Å². The maximum absolute atomic E-state index is 13.1. The van der Waals surface area contributed by atoms with Gasteiger partial charge in [-0.2, -0.15) is 0 Å². The van der Waals surface area contributed by atoms with Crippen LogP contribution in [0.25, 0.3) is 0 Å². The molecule has 2 nitrogen and oxygen atoms in total. The molecule has 0 radical (unpaired) electrons. The van der Waals surface area contributed by atoms with Crippen LogP contribution in [0.5, 0.6) is 5.75 Å². The van der Waals surface area contributed by atoms with Crippen molar-refractivity contribution in [2.45, 2.75) is 26.7 Å². The highest BCUT2D eigenvalue weighted by Gasteiger charge is 2.07. The van der Waals surface area contributed by atoms with Crippen molar-refractivity contribution in [1.29, 1.82) is 0 Å².